The molecule has 3 unspecified atom stereocenters. The first-order valence-corrected chi connectivity index (χ1v) is 7.31. The molecule has 3 atom stereocenters. The minimum atomic E-state index is 0.352. The Morgan fingerprint density at radius 3 is 3.11 bits per heavy atom. The molecule has 2 fully saturated rings. The standard InChI is InChI=1S/C14H24N4O/c1-11-6-12(8-17(11)2)16-13-7-15-18(9-13)10-14-4-3-5-19-14/h7,9,11-12,14,16H,3-6,8,10H2,1-2H3. The minimum absolute atomic E-state index is 0.352. The largest absolute Gasteiger partial charge is 0.378 e. The maximum absolute atomic E-state index is 5.64. The average molecular weight is 264 g/mol. The molecule has 0 aliphatic carbocycles. The molecule has 5 nitrogen and oxygen atoms in total. The summed E-state index contributed by atoms with van der Waals surface area (Å²) in [6, 6.07) is 1.21. The van der Waals surface area contributed by atoms with Crippen LogP contribution in [-0.2, 0) is 11.3 Å². The van der Waals surface area contributed by atoms with E-state index in [1.807, 2.05) is 10.9 Å². The summed E-state index contributed by atoms with van der Waals surface area (Å²) in [5.41, 5.74) is 1.13. The van der Waals surface area contributed by atoms with Crippen LogP contribution in [0.1, 0.15) is 26.2 Å². The number of ether oxygens (including phenoxy) is 1. The number of anilines is 1. The zero-order valence-corrected chi connectivity index (χ0v) is 11.9. The van der Waals surface area contributed by atoms with Crippen molar-refractivity contribution in [3.8, 4) is 0 Å². The molecule has 2 aliphatic heterocycles. The molecule has 0 spiro atoms. The third-order valence-corrected chi connectivity index (χ3v) is 4.31. The van der Waals surface area contributed by atoms with Crippen LogP contribution in [0.15, 0.2) is 12.4 Å². The van der Waals surface area contributed by atoms with Crippen LogP contribution in [-0.4, -0.2) is 53.1 Å². The summed E-state index contributed by atoms with van der Waals surface area (Å²) < 4.78 is 7.64. The third-order valence-electron chi connectivity index (χ3n) is 4.31. The molecular weight excluding hydrogens is 240 g/mol. The van der Waals surface area contributed by atoms with E-state index in [2.05, 4.69) is 35.5 Å². The molecule has 19 heavy (non-hydrogen) atoms. The monoisotopic (exact) mass is 264 g/mol. The van der Waals surface area contributed by atoms with E-state index in [1.165, 1.54) is 12.8 Å². The van der Waals surface area contributed by atoms with E-state index in [0.717, 1.165) is 31.8 Å². The van der Waals surface area contributed by atoms with E-state index in [9.17, 15) is 0 Å². The Hall–Kier alpha value is -1.07. The minimum Gasteiger partial charge on any atom is -0.378 e. The number of rotatable bonds is 4. The molecule has 1 N–H and O–H groups in total. The second-order valence-corrected chi connectivity index (χ2v) is 5.95. The van der Waals surface area contributed by atoms with E-state index in [4.69, 9.17) is 4.74 Å². The van der Waals surface area contributed by atoms with Gasteiger partial charge in [0.05, 0.1) is 24.5 Å². The maximum Gasteiger partial charge on any atom is 0.0771 e. The van der Waals surface area contributed by atoms with Gasteiger partial charge in [-0.1, -0.05) is 0 Å². The topological polar surface area (TPSA) is 42.3 Å². The van der Waals surface area contributed by atoms with Gasteiger partial charge in [0.1, 0.15) is 0 Å². The van der Waals surface area contributed by atoms with Crippen molar-refractivity contribution in [3.05, 3.63) is 12.4 Å². The van der Waals surface area contributed by atoms with Crippen molar-refractivity contribution in [3.63, 3.8) is 0 Å². The molecule has 0 amide bonds. The Balaban J connectivity index is 1.53. The van der Waals surface area contributed by atoms with Crippen molar-refractivity contribution in [2.24, 2.45) is 0 Å². The van der Waals surface area contributed by atoms with Crippen molar-refractivity contribution in [1.29, 1.82) is 0 Å². The summed E-state index contributed by atoms with van der Waals surface area (Å²) in [4.78, 5) is 2.40. The lowest BCUT2D eigenvalue weighted by atomic mass is 10.2. The van der Waals surface area contributed by atoms with Crippen LogP contribution in [0.4, 0.5) is 5.69 Å². The van der Waals surface area contributed by atoms with Crippen molar-refractivity contribution >= 4 is 5.69 Å². The highest BCUT2D eigenvalue weighted by atomic mass is 16.5. The summed E-state index contributed by atoms with van der Waals surface area (Å²) in [5.74, 6) is 0. The van der Waals surface area contributed by atoms with Crippen LogP contribution >= 0.6 is 0 Å². The Morgan fingerprint density at radius 1 is 1.53 bits per heavy atom. The predicted molar refractivity (Wildman–Crippen MR) is 75.3 cm³/mol. The lowest BCUT2D eigenvalue weighted by Crippen LogP contribution is -2.24. The van der Waals surface area contributed by atoms with Crippen LogP contribution in [0.5, 0.6) is 0 Å². The van der Waals surface area contributed by atoms with Gasteiger partial charge >= 0.3 is 0 Å². The third kappa shape index (κ3) is 3.09. The van der Waals surface area contributed by atoms with Crippen LogP contribution in [0.3, 0.4) is 0 Å². The maximum atomic E-state index is 5.64. The van der Waals surface area contributed by atoms with E-state index < -0.39 is 0 Å². The van der Waals surface area contributed by atoms with Gasteiger partial charge in [-0.15, -0.1) is 0 Å². The van der Waals surface area contributed by atoms with E-state index >= 15 is 0 Å². The fourth-order valence-electron chi connectivity index (χ4n) is 3.07. The zero-order valence-electron chi connectivity index (χ0n) is 11.9. The molecule has 1 aromatic rings. The Morgan fingerprint density at radius 2 is 2.42 bits per heavy atom. The fraction of sp³-hybridized carbons (Fsp3) is 0.786. The molecule has 106 valence electrons. The van der Waals surface area contributed by atoms with E-state index in [-0.39, 0.29) is 0 Å². The summed E-state index contributed by atoms with van der Waals surface area (Å²) in [7, 11) is 2.19. The van der Waals surface area contributed by atoms with Crippen LogP contribution in [0.25, 0.3) is 0 Å². The number of likely N-dealkylation sites (N-methyl/N-ethyl adjacent to an activating group) is 1. The van der Waals surface area contributed by atoms with Gasteiger partial charge in [0.15, 0.2) is 0 Å². The first kappa shape index (κ1) is 12.9. The van der Waals surface area contributed by atoms with Crippen molar-refractivity contribution in [2.75, 3.05) is 25.5 Å². The van der Waals surface area contributed by atoms with E-state index in [0.29, 0.717) is 18.2 Å². The molecule has 5 heteroatoms. The Bertz CT molecular complexity index is 403. The molecule has 3 rings (SSSR count). The molecule has 2 saturated heterocycles. The number of likely N-dealkylation sites (tertiary alicyclic amines) is 1. The van der Waals surface area contributed by atoms with Crippen molar-refractivity contribution in [1.82, 2.24) is 14.7 Å². The lowest BCUT2D eigenvalue weighted by molar-refractivity contribution is 0.0940. The lowest BCUT2D eigenvalue weighted by Gasteiger charge is -2.13. The van der Waals surface area contributed by atoms with Gasteiger partial charge in [0, 0.05) is 31.4 Å². The van der Waals surface area contributed by atoms with Gasteiger partial charge in [-0.3, -0.25) is 4.68 Å². The molecule has 0 aromatic carbocycles. The molecule has 0 bridgehead atoms. The zero-order chi connectivity index (χ0) is 13.2. The Kier molecular flexibility index (Phi) is 3.75. The second kappa shape index (κ2) is 5.51. The number of nitrogens with zero attached hydrogens (tertiary/aromatic N) is 3. The van der Waals surface area contributed by atoms with Gasteiger partial charge in [0.2, 0.25) is 0 Å². The molecule has 0 saturated carbocycles. The first-order valence-electron chi connectivity index (χ1n) is 7.31. The highest BCUT2D eigenvalue weighted by Gasteiger charge is 2.26. The predicted octanol–water partition coefficient (Wildman–Crippen LogP) is 1.57. The number of nitrogens with one attached hydrogen (secondary N) is 1. The van der Waals surface area contributed by atoms with Gasteiger partial charge in [-0.2, -0.15) is 5.10 Å². The average Bonchev–Trinajstić information content (AvgIpc) is 3.06. The second-order valence-electron chi connectivity index (χ2n) is 5.95. The molecule has 2 aliphatic rings. The van der Waals surface area contributed by atoms with Crippen molar-refractivity contribution < 1.29 is 4.74 Å². The van der Waals surface area contributed by atoms with Crippen LogP contribution < -0.4 is 5.32 Å². The summed E-state index contributed by atoms with van der Waals surface area (Å²) >= 11 is 0. The molecule has 1 aromatic heterocycles. The van der Waals surface area contributed by atoms with E-state index in [1.54, 1.807) is 0 Å². The molecular formula is C14H24N4O. The van der Waals surface area contributed by atoms with Crippen LogP contribution in [0, 0.1) is 0 Å². The van der Waals surface area contributed by atoms with Gasteiger partial charge in [-0.25, -0.2) is 0 Å². The SMILES string of the molecule is CC1CC(Nc2cnn(CC3CCCO3)c2)CN1C. The highest BCUT2D eigenvalue weighted by molar-refractivity contribution is 5.39. The van der Waals surface area contributed by atoms with Gasteiger partial charge in [0.25, 0.3) is 0 Å². The normalized spacial score (nSPS) is 32.0. The van der Waals surface area contributed by atoms with Crippen molar-refractivity contribution in [2.45, 2.75) is 50.9 Å². The fourth-order valence-corrected chi connectivity index (χ4v) is 3.07. The highest BCUT2D eigenvalue weighted by Crippen LogP contribution is 2.20. The number of hydrogen-bond acceptors (Lipinski definition) is 4. The summed E-state index contributed by atoms with van der Waals surface area (Å²) in [6.45, 7) is 5.17. The van der Waals surface area contributed by atoms with Gasteiger partial charge in [-0.05, 0) is 33.2 Å². The quantitative estimate of drug-likeness (QED) is 0.896. The number of hydrogen-bond donors (Lipinski definition) is 1. The molecule has 0 radical (unpaired) electrons. The Labute approximate surface area is 114 Å². The first-order chi connectivity index (χ1) is 9.20. The van der Waals surface area contributed by atoms with Gasteiger partial charge < -0.3 is 15.0 Å². The summed E-state index contributed by atoms with van der Waals surface area (Å²) in [6.07, 6.45) is 7.93. The molecule has 3 heterocycles. The van der Waals surface area contributed by atoms with Crippen LogP contribution in [0.2, 0.25) is 0 Å². The smallest absolute Gasteiger partial charge is 0.0771 e. The summed E-state index contributed by atoms with van der Waals surface area (Å²) in [5, 5.41) is 8.00. The number of aromatic nitrogens is 2.